The number of hydrogen-bond acceptors (Lipinski definition) is 4. The molecular weight excluding hydrogens is 170 g/mol. The molecule has 7 heteroatoms. The van der Waals surface area contributed by atoms with E-state index in [1.807, 2.05) is 0 Å². The largest absolute Gasteiger partial charge is 0.371 e. The molecule has 0 aromatic heterocycles. The van der Waals surface area contributed by atoms with E-state index in [-0.39, 0.29) is 0 Å². The Morgan fingerprint density at radius 2 is 1.82 bits per heavy atom. The van der Waals surface area contributed by atoms with Crippen molar-refractivity contribution in [3.63, 3.8) is 0 Å². The van der Waals surface area contributed by atoms with Gasteiger partial charge in [-0.3, -0.25) is 4.55 Å². The highest BCUT2D eigenvalue weighted by Gasteiger charge is 2.09. The lowest BCUT2D eigenvalue weighted by molar-refractivity contribution is 0.497. The van der Waals surface area contributed by atoms with Gasteiger partial charge < -0.3 is 5.73 Å². The fraction of sp³-hybridized carbons (Fsp3) is 0.500. The van der Waals surface area contributed by atoms with Gasteiger partial charge in [-0.1, -0.05) is 0 Å². The molecule has 0 fully saturated rings. The molecule has 0 atom stereocenters. The maximum atomic E-state index is 10.2. The minimum absolute atomic E-state index is 0.539. The third-order valence-corrected chi connectivity index (χ3v) is 1.22. The minimum atomic E-state index is -4.38. The van der Waals surface area contributed by atoms with Gasteiger partial charge in [-0.25, -0.2) is 0 Å². The van der Waals surface area contributed by atoms with E-state index in [1.54, 1.807) is 13.8 Å². The van der Waals surface area contributed by atoms with Crippen LogP contribution >= 0.6 is 0 Å². The van der Waals surface area contributed by atoms with E-state index in [1.165, 1.54) is 0 Å². The van der Waals surface area contributed by atoms with Gasteiger partial charge in [0.15, 0.2) is 0 Å². The fourth-order valence-corrected chi connectivity index (χ4v) is 0.345. The van der Waals surface area contributed by atoms with Crippen LogP contribution in [0.5, 0.6) is 0 Å². The number of amidine groups is 1. The standard InChI is InChI=1S/C4H9N3O3S/c1-3(2)6-7-4(5)11(8,9)10/h1-2H3,(H2,5,7)(H,8,9,10). The zero-order chi connectivity index (χ0) is 9.07. The van der Waals surface area contributed by atoms with Crippen molar-refractivity contribution < 1.29 is 13.0 Å². The first-order valence-corrected chi connectivity index (χ1v) is 4.10. The highest BCUT2D eigenvalue weighted by Crippen LogP contribution is 1.84. The summed E-state index contributed by atoms with van der Waals surface area (Å²) in [7, 11) is -4.38. The Morgan fingerprint density at radius 1 is 1.36 bits per heavy atom. The maximum absolute atomic E-state index is 10.2. The molecule has 0 aliphatic rings. The zero-order valence-corrected chi connectivity index (χ0v) is 6.96. The molecule has 0 heterocycles. The Kier molecular flexibility index (Phi) is 3.15. The molecule has 3 N–H and O–H groups in total. The molecule has 6 nitrogen and oxygen atoms in total. The van der Waals surface area contributed by atoms with Gasteiger partial charge in [0.1, 0.15) is 0 Å². The van der Waals surface area contributed by atoms with Gasteiger partial charge in [0.05, 0.1) is 0 Å². The molecule has 0 aliphatic carbocycles. The van der Waals surface area contributed by atoms with E-state index in [2.05, 4.69) is 10.2 Å². The molecule has 0 saturated carbocycles. The Morgan fingerprint density at radius 3 is 2.09 bits per heavy atom. The van der Waals surface area contributed by atoms with Gasteiger partial charge >= 0.3 is 10.1 Å². The van der Waals surface area contributed by atoms with Crippen molar-refractivity contribution in [2.24, 2.45) is 15.9 Å². The van der Waals surface area contributed by atoms with Crippen molar-refractivity contribution in [2.75, 3.05) is 0 Å². The lowest BCUT2D eigenvalue weighted by Gasteiger charge is -1.90. The predicted molar refractivity (Wildman–Crippen MR) is 42.0 cm³/mol. The highest BCUT2D eigenvalue weighted by molar-refractivity contribution is 8.01. The maximum Gasteiger partial charge on any atom is 0.329 e. The van der Waals surface area contributed by atoms with Crippen LogP contribution in [0.4, 0.5) is 0 Å². The SMILES string of the molecule is CC(C)=N/N=C(\N)S(=O)(=O)O. The summed E-state index contributed by atoms with van der Waals surface area (Å²) in [6.45, 7) is 3.22. The minimum Gasteiger partial charge on any atom is -0.371 e. The molecule has 0 radical (unpaired) electrons. The number of nitrogens with two attached hydrogens (primary N) is 1. The third-order valence-electron chi connectivity index (χ3n) is 0.613. The summed E-state index contributed by atoms with van der Waals surface area (Å²) in [6.07, 6.45) is 0. The van der Waals surface area contributed by atoms with Gasteiger partial charge in [0, 0.05) is 5.71 Å². The monoisotopic (exact) mass is 179 g/mol. The van der Waals surface area contributed by atoms with E-state index in [9.17, 15) is 8.42 Å². The first kappa shape index (κ1) is 10.0. The van der Waals surface area contributed by atoms with Crippen molar-refractivity contribution in [3.05, 3.63) is 0 Å². The Labute approximate surface area is 64.6 Å². The number of nitrogens with zero attached hydrogens (tertiary/aromatic N) is 2. The second kappa shape index (κ2) is 3.44. The molecule has 0 rings (SSSR count). The number of hydrogen-bond donors (Lipinski definition) is 2. The van der Waals surface area contributed by atoms with E-state index >= 15 is 0 Å². The summed E-state index contributed by atoms with van der Waals surface area (Å²) in [5.74, 6) is 0. The molecular formula is C4H9N3O3S. The van der Waals surface area contributed by atoms with Crippen LogP contribution in [0.15, 0.2) is 10.2 Å². The van der Waals surface area contributed by atoms with Crippen LogP contribution in [0.1, 0.15) is 13.8 Å². The molecule has 0 bridgehead atoms. The van der Waals surface area contributed by atoms with Crippen LogP contribution in [-0.4, -0.2) is 23.8 Å². The van der Waals surface area contributed by atoms with Crippen molar-refractivity contribution in [3.8, 4) is 0 Å². The van der Waals surface area contributed by atoms with Crippen molar-refractivity contribution in [2.45, 2.75) is 13.8 Å². The number of rotatable bonds is 1. The van der Waals surface area contributed by atoms with Crippen LogP contribution in [-0.2, 0) is 10.1 Å². The Hall–Kier alpha value is -0.950. The zero-order valence-electron chi connectivity index (χ0n) is 6.14. The van der Waals surface area contributed by atoms with Crippen LogP contribution in [0.25, 0.3) is 0 Å². The molecule has 0 spiro atoms. The average molecular weight is 179 g/mol. The predicted octanol–water partition coefficient (Wildman–Crippen LogP) is -0.415. The van der Waals surface area contributed by atoms with E-state index < -0.39 is 15.3 Å². The van der Waals surface area contributed by atoms with Crippen LogP contribution < -0.4 is 5.73 Å². The van der Waals surface area contributed by atoms with Gasteiger partial charge in [0.2, 0.25) is 0 Å². The third kappa shape index (κ3) is 4.45. The van der Waals surface area contributed by atoms with E-state index in [0.29, 0.717) is 5.71 Å². The van der Waals surface area contributed by atoms with Crippen molar-refractivity contribution >= 4 is 21.0 Å². The van der Waals surface area contributed by atoms with Gasteiger partial charge in [-0.2, -0.15) is 13.5 Å². The topological polar surface area (TPSA) is 105 Å². The second-order valence-electron chi connectivity index (χ2n) is 1.96. The lowest BCUT2D eigenvalue weighted by atomic mass is 10.5. The Balaban J connectivity index is 4.64. The van der Waals surface area contributed by atoms with Crippen molar-refractivity contribution in [1.82, 2.24) is 0 Å². The molecule has 11 heavy (non-hydrogen) atoms. The molecule has 0 aromatic carbocycles. The fourth-order valence-electron chi connectivity index (χ4n) is 0.201. The first-order valence-electron chi connectivity index (χ1n) is 2.66. The second-order valence-corrected chi connectivity index (χ2v) is 3.33. The summed E-state index contributed by atoms with van der Waals surface area (Å²) in [6, 6.07) is 0. The Bertz CT molecular complexity index is 286. The normalized spacial score (nSPS) is 12.8. The highest BCUT2D eigenvalue weighted by atomic mass is 32.2. The molecule has 0 amide bonds. The molecule has 0 unspecified atom stereocenters. The van der Waals surface area contributed by atoms with Crippen LogP contribution in [0, 0.1) is 0 Å². The summed E-state index contributed by atoms with van der Waals surface area (Å²) < 4.78 is 28.6. The van der Waals surface area contributed by atoms with Crippen LogP contribution in [0.3, 0.4) is 0 Å². The molecule has 0 aliphatic heterocycles. The van der Waals surface area contributed by atoms with Gasteiger partial charge in [-0.05, 0) is 13.8 Å². The summed E-state index contributed by atoms with van der Waals surface area (Å²) >= 11 is 0. The summed E-state index contributed by atoms with van der Waals surface area (Å²) in [5.41, 5.74) is 5.34. The van der Waals surface area contributed by atoms with Gasteiger partial charge in [-0.15, -0.1) is 5.10 Å². The average Bonchev–Trinajstić information content (AvgIpc) is 1.80. The molecule has 64 valence electrons. The molecule has 0 saturated heterocycles. The van der Waals surface area contributed by atoms with Gasteiger partial charge in [0.25, 0.3) is 5.17 Å². The lowest BCUT2D eigenvalue weighted by Crippen LogP contribution is -2.22. The smallest absolute Gasteiger partial charge is 0.329 e. The van der Waals surface area contributed by atoms with Crippen molar-refractivity contribution in [1.29, 1.82) is 0 Å². The molecule has 0 aromatic rings. The summed E-state index contributed by atoms with van der Waals surface area (Å²) in [5, 5.41) is 5.47. The quantitative estimate of drug-likeness (QED) is 0.247. The van der Waals surface area contributed by atoms with E-state index in [4.69, 9.17) is 10.3 Å². The van der Waals surface area contributed by atoms with Crippen LogP contribution in [0.2, 0.25) is 0 Å². The first-order chi connectivity index (χ1) is 4.84. The van der Waals surface area contributed by atoms with E-state index in [0.717, 1.165) is 0 Å². The summed E-state index contributed by atoms with van der Waals surface area (Å²) in [4.78, 5) is 0.